The molecule has 26 heavy (non-hydrogen) atoms. The quantitative estimate of drug-likeness (QED) is 0.823. The van der Waals surface area contributed by atoms with E-state index < -0.39 is 0 Å². The van der Waals surface area contributed by atoms with Gasteiger partial charge in [0, 0.05) is 18.5 Å². The van der Waals surface area contributed by atoms with Gasteiger partial charge in [0.05, 0.1) is 18.8 Å². The van der Waals surface area contributed by atoms with E-state index in [0.717, 1.165) is 60.6 Å². The van der Waals surface area contributed by atoms with Crippen molar-refractivity contribution in [2.75, 3.05) is 36.0 Å². The van der Waals surface area contributed by atoms with Gasteiger partial charge in [0.15, 0.2) is 5.56 Å². The van der Waals surface area contributed by atoms with Crippen molar-refractivity contribution < 1.29 is 4.98 Å². The molecule has 0 saturated carbocycles. The van der Waals surface area contributed by atoms with Crippen molar-refractivity contribution >= 4 is 22.4 Å². The zero-order valence-electron chi connectivity index (χ0n) is 16.0. The van der Waals surface area contributed by atoms with E-state index in [2.05, 4.69) is 59.0 Å². The third kappa shape index (κ3) is 3.11. The molecule has 1 aromatic heterocycles. The molecular weight excluding hydrogens is 320 g/mol. The Morgan fingerprint density at radius 3 is 2.12 bits per heavy atom. The molecule has 2 fully saturated rings. The molecule has 4 rings (SSSR count). The van der Waals surface area contributed by atoms with Gasteiger partial charge in [-0.15, -0.1) is 0 Å². The van der Waals surface area contributed by atoms with Crippen LogP contribution >= 0.6 is 0 Å². The number of nitrogens with zero attached hydrogens (tertiary/aromatic N) is 3. The summed E-state index contributed by atoms with van der Waals surface area (Å²) in [5, 5.41) is 11.3. The predicted molar refractivity (Wildman–Crippen MR) is 106 cm³/mol. The second-order valence-electron chi connectivity index (χ2n) is 8.19. The summed E-state index contributed by atoms with van der Waals surface area (Å²) >= 11 is 0. The largest absolute Gasteiger partial charge is 0.370 e. The van der Waals surface area contributed by atoms with E-state index in [1.54, 1.807) is 0 Å². The smallest absolute Gasteiger partial charge is 0.295 e. The summed E-state index contributed by atoms with van der Waals surface area (Å²) in [6.07, 6.45) is 4.80. The third-order valence-electron chi connectivity index (χ3n) is 6.22. The Bertz CT molecular complexity index is 822. The fraction of sp³-hybridized carbons (Fsp3) is 0.545. The topological polar surface area (TPSA) is 44.4 Å². The molecule has 136 valence electrons. The summed E-state index contributed by atoms with van der Waals surface area (Å²) in [4.78, 5) is 8.44. The Labute approximate surface area is 156 Å². The van der Waals surface area contributed by atoms with E-state index in [0.29, 0.717) is 0 Å². The van der Waals surface area contributed by atoms with E-state index in [-0.39, 0.29) is 0 Å². The van der Waals surface area contributed by atoms with Gasteiger partial charge in [-0.25, -0.2) is 4.98 Å². The van der Waals surface area contributed by atoms with Crippen LogP contribution in [-0.4, -0.2) is 26.2 Å². The highest BCUT2D eigenvalue weighted by Crippen LogP contribution is 2.36. The van der Waals surface area contributed by atoms with Crippen LogP contribution in [0.1, 0.15) is 45.1 Å². The van der Waals surface area contributed by atoms with Gasteiger partial charge >= 0.3 is 0 Å². The van der Waals surface area contributed by atoms with Crippen molar-refractivity contribution in [3.8, 4) is 6.07 Å². The van der Waals surface area contributed by atoms with Gasteiger partial charge in [-0.05, 0) is 49.7 Å². The maximum absolute atomic E-state index is 10.1. The Morgan fingerprint density at radius 1 is 0.923 bits per heavy atom. The average Bonchev–Trinajstić information content (AvgIpc) is 2.68. The number of nitrogens with one attached hydrogen (secondary N) is 1. The number of aromatic nitrogens is 1. The molecule has 1 N–H and O–H groups in total. The number of aromatic amines is 1. The number of para-hydroxylation sites is 1. The lowest BCUT2D eigenvalue weighted by molar-refractivity contribution is -0.331. The average molecular weight is 350 g/mol. The second-order valence-corrected chi connectivity index (χ2v) is 8.19. The number of benzene rings is 1. The standard InChI is InChI=1S/C22H28N4/c1-16-7-11-25(12-8-16)21-18-5-3-4-6-20(18)24-22(19(21)15-23)26-13-9-17(2)10-14-26/h3-6,16-17H,7-14H2,1-2H3/p+1. The lowest BCUT2D eigenvalue weighted by Gasteiger charge is -2.34. The number of anilines is 2. The van der Waals surface area contributed by atoms with Crippen LogP contribution in [0.15, 0.2) is 24.3 Å². The van der Waals surface area contributed by atoms with Crippen LogP contribution in [0.3, 0.4) is 0 Å². The lowest BCUT2D eigenvalue weighted by Crippen LogP contribution is -2.39. The van der Waals surface area contributed by atoms with Gasteiger partial charge in [-0.2, -0.15) is 5.26 Å². The molecule has 2 aromatic rings. The number of pyridine rings is 1. The highest BCUT2D eigenvalue weighted by Gasteiger charge is 2.31. The van der Waals surface area contributed by atoms with Crippen molar-refractivity contribution in [2.24, 2.45) is 11.8 Å². The van der Waals surface area contributed by atoms with E-state index in [1.165, 1.54) is 31.1 Å². The number of nitriles is 1. The van der Waals surface area contributed by atoms with Gasteiger partial charge < -0.3 is 4.90 Å². The van der Waals surface area contributed by atoms with Crippen LogP contribution < -0.4 is 14.8 Å². The van der Waals surface area contributed by atoms with E-state index >= 15 is 0 Å². The molecule has 0 unspecified atom stereocenters. The lowest BCUT2D eigenvalue weighted by atomic mass is 9.96. The number of piperidine rings is 2. The highest BCUT2D eigenvalue weighted by atomic mass is 15.2. The van der Waals surface area contributed by atoms with Crippen molar-refractivity contribution in [2.45, 2.75) is 39.5 Å². The fourth-order valence-corrected chi connectivity index (χ4v) is 4.37. The molecule has 0 atom stereocenters. The SMILES string of the molecule is CC1CCN(c2[nH+]c3ccccc3c(N3CCC(C)CC3)c2C#N)CC1. The van der Waals surface area contributed by atoms with Crippen LogP contribution in [0.25, 0.3) is 10.9 Å². The van der Waals surface area contributed by atoms with Crippen molar-refractivity contribution in [3.05, 3.63) is 29.8 Å². The van der Waals surface area contributed by atoms with Crippen LogP contribution in [0.2, 0.25) is 0 Å². The van der Waals surface area contributed by atoms with Gasteiger partial charge in [0.25, 0.3) is 5.82 Å². The predicted octanol–water partition coefficient (Wildman–Crippen LogP) is 4.00. The second kappa shape index (κ2) is 7.15. The Morgan fingerprint density at radius 2 is 1.50 bits per heavy atom. The van der Waals surface area contributed by atoms with Gasteiger partial charge in [0.2, 0.25) is 0 Å². The number of hydrogen-bond acceptors (Lipinski definition) is 3. The molecule has 0 aliphatic carbocycles. The number of hydrogen-bond donors (Lipinski definition) is 0. The van der Waals surface area contributed by atoms with Gasteiger partial charge in [-0.3, -0.25) is 4.90 Å². The Balaban J connectivity index is 1.84. The summed E-state index contributed by atoms with van der Waals surface area (Å²) in [6.45, 7) is 8.80. The first-order chi connectivity index (χ1) is 12.7. The summed E-state index contributed by atoms with van der Waals surface area (Å²) in [5.74, 6) is 2.58. The van der Waals surface area contributed by atoms with Gasteiger partial charge in [0.1, 0.15) is 11.6 Å². The minimum Gasteiger partial charge on any atom is -0.370 e. The molecule has 0 amide bonds. The van der Waals surface area contributed by atoms with Crippen LogP contribution in [0, 0.1) is 23.2 Å². The zero-order valence-corrected chi connectivity index (χ0v) is 16.0. The molecule has 4 heteroatoms. The maximum atomic E-state index is 10.1. The molecule has 2 saturated heterocycles. The van der Waals surface area contributed by atoms with Crippen LogP contribution in [0.5, 0.6) is 0 Å². The molecule has 0 radical (unpaired) electrons. The molecule has 4 nitrogen and oxygen atoms in total. The number of fused-ring (bicyclic) bond motifs is 1. The first kappa shape index (κ1) is 17.1. The Kier molecular flexibility index (Phi) is 4.72. The molecular formula is C22H29N4+. The molecule has 0 spiro atoms. The van der Waals surface area contributed by atoms with E-state index in [1.807, 2.05) is 0 Å². The number of rotatable bonds is 2. The third-order valence-corrected chi connectivity index (χ3v) is 6.22. The summed E-state index contributed by atoms with van der Waals surface area (Å²) in [5.41, 5.74) is 3.10. The molecule has 2 aliphatic rings. The number of H-pyrrole nitrogens is 1. The van der Waals surface area contributed by atoms with Gasteiger partial charge in [-0.1, -0.05) is 26.0 Å². The molecule has 0 bridgehead atoms. The van der Waals surface area contributed by atoms with Crippen molar-refractivity contribution in [1.82, 2.24) is 0 Å². The maximum Gasteiger partial charge on any atom is 0.295 e. The summed E-state index contributed by atoms with van der Waals surface area (Å²) in [7, 11) is 0. The summed E-state index contributed by atoms with van der Waals surface area (Å²) in [6, 6.07) is 11.0. The summed E-state index contributed by atoms with van der Waals surface area (Å²) < 4.78 is 0. The van der Waals surface area contributed by atoms with Crippen LogP contribution in [-0.2, 0) is 0 Å². The minimum absolute atomic E-state index is 0.778. The first-order valence-electron chi connectivity index (χ1n) is 10.1. The molecule has 2 aliphatic heterocycles. The van der Waals surface area contributed by atoms with E-state index in [9.17, 15) is 5.26 Å². The first-order valence-corrected chi connectivity index (χ1v) is 10.1. The monoisotopic (exact) mass is 349 g/mol. The minimum atomic E-state index is 0.778. The molecule has 3 heterocycles. The van der Waals surface area contributed by atoms with Crippen molar-refractivity contribution in [1.29, 1.82) is 5.26 Å². The zero-order chi connectivity index (χ0) is 18.1. The molecule has 1 aromatic carbocycles. The van der Waals surface area contributed by atoms with Crippen LogP contribution in [0.4, 0.5) is 11.5 Å². The normalized spacial score (nSPS) is 19.7. The van der Waals surface area contributed by atoms with Crippen molar-refractivity contribution in [3.63, 3.8) is 0 Å². The Hall–Kier alpha value is -2.28. The fourth-order valence-electron chi connectivity index (χ4n) is 4.37. The van der Waals surface area contributed by atoms with E-state index in [4.69, 9.17) is 0 Å². The highest BCUT2D eigenvalue weighted by molar-refractivity contribution is 5.95.